The molecule has 0 amide bonds. The summed E-state index contributed by atoms with van der Waals surface area (Å²) >= 11 is 0. The maximum Gasteiger partial charge on any atom is 0.162 e. The number of hydrogen-bond donors (Lipinski definition) is 0. The Labute approximate surface area is 107 Å². The number of rotatable bonds is 3. The van der Waals surface area contributed by atoms with Crippen LogP contribution >= 0.6 is 0 Å². The van der Waals surface area contributed by atoms with Crippen molar-refractivity contribution >= 4 is 6.29 Å². The summed E-state index contributed by atoms with van der Waals surface area (Å²) in [5.74, 6) is 1.28. The van der Waals surface area contributed by atoms with Crippen molar-refractivity contribution in [3.8, 4) is 11.5 Å². The second-order valence-corrected chi connectivity index (χ2v) is 5.30. The molecule has 0 unspecified atom stereocenters. The predicted molar refractivity (Wildman–Crippen MR) is 67.4 cm³/mol. The van der Waals surface area contributed by atoms with E-state index in [2.05, 4.69) is 0 Å². The molecule has 0 fully saturated rings. The van der Waals surface area contributed by atoms with Crippen molar-refractivity contribution in [2.24, 2.45) is 0 Å². The minimum atomic E-state index is -0.189. The zero-order valence-corrected chi connectivity index (χ0v) is 10.9. The van der Waals surface area contributed by atoms with E-state index in [4.69, 9.17) is 14.2 Å². The molecule has 4 nitrogen and oxygen atoms in total. The second kappa shape index (κ2) is 4.98. The van der Waals surface area contributed by atoms with Crippen LogP contribution in [-0.4, -0.2) is 31.2 Å². The lowest BCUT2D eigenvalue weighted by atomic mass is 10.2. The Bertz CT molecular complexity index is 434. The van der Waals surface area contributed by atoms with E-state index < -0.39 is 0 Å². The van der Waals surface area contributed by atoms with Crippen LogP contribution in [0.25, 0.3) is 0 Å². The molecule has 1 atom stereocenters. The van der Waals surface area contributed by atoms with Gasteiger partial charge < -0.3 is 14.2 Å². The monoisotopic (exact) mass is 250 g/mol. The van der Waals surface area contributed by atoms with Crippen LogP contribution in [-0.2, 0) is 4.74 Å². The number of benzene rings is 1. The lowest BCUT2D eigenvalue weighted by Gasteiger charge is -2.29. The summed E-state index contributed by atoms with van der Waals surface area (Å²) in [6.07, 6.45) is 0.678. The smallest absolute Gasteiger partial charge is 0.162 e. The van der Waals surface area contributed by atoms with Gasteiger partial charge in [0.15, 0.2) is 17.6 Å². The summed E-state index contributed by atoms with van der Waals surface area (Å²) < 4.78 is 17.0. The molecule has 0 bridgehead atoms. The van der Waals surface area contributed by atoms with E-state index in [-0.39, 0.29) is 11.7 Å². The third-order valence-electron chi connectivity index (χ3n) is 2.52. The van der Waals surface area contributed by atoms with Gasteiger partial charge in [-0.05, 0) is 39.0 Å². The van der Waals surface area contributed by atoms with Crippen molar-refractivity contribution < 1.29 is 19.0 Å². The molecular weight excluding hydrogens is 232 g/mol. The quantitative estimate of drug-likeness (QED) is 0.773. The Balaban J connectivity index is 2.00. The Morgan fingerprint density at radius 1 is 1.39 bits per heavy atom. The van der Waals surface area contributed by atoms with E-state index >= 15 is 0 Å². The minimum absolute atomic E-state index is 0.112. The zero-order chi connectivity index (χ0) is 13.2. The fraction of sp³-hybridized carbons (Fsp3) is 0.500. The van der Waals surface area contributed by atoms with Crippen LogP contribution in [0.1, 0.15) is 31.1 Å². The summed E-state index contributed by atoms with van der Waals surface area (Å²) in [6, 6.07) is 5.15. The van der Waals surface area contributed by atoms with E-state index in [1.54, 1.807) is 18.2 Å². The van der Waals surface area contributed by atoms with Crippen molar-refractivity contribution in [3.63, 3.8) is 0 Å². The Morgan fingerprint density at radius 3 is 2.83 bits per heavy atom. The number of hydrogen-bond acceptors (Lipinski definition) is 4. The molecule has 0 aromatic heterocycles. The van der Waals surface area contributed by atoms with E-state index in [1.807, 2.05) is 20.8 Å². The second-order valence-electron chi connectivity index (χ2n) is 5.30. The number of carbonyl (C=O) groups is 1. The van der Waals surface area contributed by atoms with E-state index in [9.17, 15) is 4.79 Å². The normalized spacial score (nSPS) is 18.5. The summed E-state index contributed by atoms with van der Waals surface area (Å²) in [7, 11) is 0. The number of aldehydes is 1. The molecule has 1 aromatic rings. The molecule has 0 N–H and O–H groups in total. The van der Waals surface area contributed by atoms with Gasteiger partial charge in [0.05, 0.1) is 12.2 Å². The van der Waals surface area contributed by atoms with Gasteiger partial charge >= 0.3 is 0 Å². The van der Waals surface area contributed by atoms with Crippen molar-refractivity contribution in [1.29, 1.82) is 0 Å². The van der Waals surface area contributed by atoms with Gasteiger partial charge in [-0.25, -0.2) is 0 Å². The molecular formula is C14H18O4. The Kier molecular flexibility index (Phi) is 3.57. The first-order valence-electron chi connectivity index (χ1n) is 6.00. The SMILES string of the molecule is CC(C)(C)OC[C@H]1COc2cc(C=O)ccc2O1. The first kappa shape index (κ1) is 12.9. The molecule has 0 saturated carbocycles. The highest BCUT2D eigenvalue weighted by Crippen LogP contribution is 2.32. The van der Waals surface area contributed by atoms with Gasteiger partial charge in [0.2, 0.25) is 0 Å². The standard InChI is InChI=1S/C14H18O4/c1-14(2,3)17-9-11-8-16-13-6-10(7-15)4-5-12(13)18-11/h4-7,11H,8-9H2,1-3H3/t11-/m1/s1. The molecule has 0 radical (unpaired) electrons. The van der Waals surface area contributed by atoms with Crippen molar-refractivity contribution in [2.75, 3.05) is 13.2 Å². The van der Waals surface area contributed by atoms with Crippen molar-refractivity contribution in [2.45, 2.75) is 32.5 Å². The van der Waals surface area contributed by atoms with Crippen LogP contribution in [0, 0.1) is 0 Å². The zero-order valence-electron chi connectivity index (χ0n) is 10.9. The molecule has 1 aliphatic rings. The van der Waals surface area contributed by atoms with Crippen LogP contribution in [0.4, 0.5) is 0 Å². The van der Waals surface area contributed by atoms with Gasteiger partial charge in [-0.3, -0.25) is 4.79 Å². The average Bonchev–Trinajstić information content (AvgIpc) is 2.34. The third-order valence-corrected chi connectivity index (χ3v) is 2.52. The van der Waals surface area contributed by atoms with Gasteiger partial charge in [-0.15, -0.1) is 0 Å². The maximum atomic E-state index is 10.7. The first-order valence-corrected chi connectivity index (χ1v) is 6.00. The highest BCUT2D eigenvalue weighted by molar-refractivity contribution is 5.76. The fourth-order valence-electron chi connectivity index (χ4n) is 1.63. The van der Waals surface area contributed by atoms with Gasteiger partial charge in [0.1, 0.15) is 12.9 Å². The number of carbonyl (C=O) groups excluding carboxylic acids is 1. The maximum absolute atomic E-state index is 10.7. The predicted octanol–water partition coefficient (Wildman–Crippen LogP) is 2.45. The Hall–Kier alpha value is -1.55. The molecule has 0 saturated heterocycles. The molecule has 98 valence electrons. The van der Waals surface area contributed by atoms with Gasteiger partial charge in [-0.1, -0.05) is 0 Å². The molecule has 4 heteroatoms. The number of fused-ring (bicyclic) bond motifs is 1. The molecule has 1 aliphatic heterocycles. The number of ether oxygens (including phenoxy) is 3. The van der Waals surface area contributed by atoms with Crippen LogP contribution < -0.4 is 9.47 Å². The first-order chi connectivity index (χ1) is 8.48. The summed E-state index contributed by atoms with van der Waals surface area (Å²) in [5, 5.41) is 0. The van der Waals surface area contributed by atoms with Crippen LogP contribution in [0.5, 0.6) is 11.5 Å². The summed E-state index contributed by atoms with van der Waals surface area (Å²) in [6.45, 7) is 6.92. The lowest BCUT2D eigenvalue weighted by Crippen LogP contribution is -2.36. The van der Waals surface area contributed by atoms with Crippen molar-refractivity contribution in [1.82, 2.24) is 0 Å². The molecule has 2 rings (SSSR count). The van der Waals surface area contributed by atoms with E-state index in [0.717, 1.165) is 6.29 Å². The Morgan fingerprint density at radius 2 is 2.17 bits per heavy atom. The van der Waals surface area contributed by atoms with Gasteiger partial charge in [0.25, 0.3) is 0 Å². The van der Waals surface area contributed by atoms with Crippen molar-refractivity contribution in [3.05, 3.63) is 23.8 Å². The summed E-state index contributed by atoms with van der Waals surface area (Å²) in [4.78, 5) is 10.7. The van der Waals surface area contributed by atoms with Gasteiger partial charge in [-0.2, -0.15) is 0 Å². The largest absolute Gasteiger partial charge is 0.486 e. The minimum Gasteiger partial charge on any atom is -0.486 e. The molecule has 1 heterocycles. The van der Waals surface area contributed by atoms with Crippen LogP contribution in [0.3, 0.4) is 0 Å². The third kappa shape index (κ3) is 3.23. The molecule has 0 aliphatic carbocycles. The topological polar surface area (TPSA) is 44.8 Å². The van der Waals surface area contributed by atoms with Gasteiger partial charge in [0, 0.05) is 5.56 Å². The van der Waals surface area contributed by atoms with Crippen LogP contribution in [0.2, 0.25) is 0 Å². The van der Waals surface area contributed by atoms with Crippen LogP contribution in [0.15, 0.2) is 18.2 Å². The molecule has 1 aromatic carbocycles. The molecule has 18 heavy (non-hydrogen) atoms. The van der Waals surface area contributed by atoms with E-state index in [0.29, 0.717) is 30.3 Å². The fourth-order valence-corrected chi connectivity index (χ4v) is 1.63. The highest BCUT2D eigenvalue weighted by atomic mass is 16.6. The summed E-state index contributed by atoms with van der Waals surface area (Å²) in [5.41, 5.74) is 0.395. The van der Waals surface area contributed by atoms with E-state index in [1.165, 1.54) is 0 Å². The average molecular weight is 250 g/mol. The molecule has 0 spiro atoms. The lowest BCUT2D eigenvalue weighted by molar-refractivity contribution is -0.0583. The highest BCUT2D eigenvalue weighted by Gasteiger charge is 2.23.